The molecule has 1 amide bonds. The molecule has 1 aromatic heterocycles. The first-order chi connectivity index (χ1) is 19.5. The van der Waals surface area contributed by atoms with Gasteiger partial charge >= 0.3 is 5.97 Å². The molecule has 2 N–H and O–H groups in total. The number of anilines is 2. The lowest BCUT2D eigenvalue weighted by molar-refractivity contribution is -0.182. The van der Waals surface area contributed by atoms with Crippen molar-refractivity contribution in [1.82, 2.24) is 19.8 Å². The van der Waals surface area contributed by atoms with E-state index in [9.17, 15) is 18.0 Å². The van der Waals surface area contributed by atoms with E-state index in [1.807, 2.05) is 18.2 Å². The van der Waals surface area contributed by atoms with E-state index in [2.05, 4.69) is 25.5 Å². The molecule has 1 atom stereocenters. The highest BCUT2D eigenvalue weighted by Crippen LogP contribution is 2.25. The first-order valence-corrected chi connectivity index (χ1v) is 15.0. The van der Waals surface area contributed by atoms with Crippen LogP contribution in [0.4, 0.5) is 11.6 Å². The van der Waals surface area contributed by atoms with Crippen LogP contribution in [0, 0.1) is 0 Å². The van der Waals surface area contributed by atoms with Gasteiger partial charge in [-0.15, -0.1) is 0 Å². The van der Waals surface area contributed by atoms with Crippen LogP contribution in [0.2, 0.25) is 0 Å². The predicted molar refractivity (Wildman–Crippen MR) is 156 cm³/mol. The number of carbonyl (C=O) groups excluding carboxylic acids is 2. The molecular formula is C29H36N6O5S. The van der Waals surface area contributed by atoms with E-state index in [1.165, 1.54) is 12.1 Å². The number of benzene rings is 2. The van der Waals surface area contributed by atoms with Crippen molar-refractivity contribution in [1.29, 1.82) is 0 Å². The van der Waals surface area contributed by atoms with E-state index in [1.54, 1.807) is 63.5 Å². The standard InChI is InChI=1S/C29H36N6O5S/c1-29(2,3)35(41(38,39)25-13-5-4-6-14-25)40-26(36)15-18-30-27(37)22-10-7-12-24(20-22)34-19-8-11-23(21-34)33-28-31-16-9-17-32-28/h4-7,9-10,12-14,16-17,20,23H,8,11,15,18-19,21H2,1-3H3,(H,30,37)(H,31,32,33)/t23-/m0/s1. The fourth-order valence-electron chi connectivity index (χ4n) is 4.48. The number of hydrogen-bond donors (Lipinski definition) is 2. The summed E-state index contributed by atoms with van der Waals surface area (Å²) in [7, 11) is -4.09. The quantitative estimate of drug-likeness (QED) is 0.345. The lowest BCUT2D eigenvalue weighted by Gasteiger charge is -2.35. The Bertz CT molecular complexity index is 1430. The van der Waals surface area contributed by atoms with Gasteiger partial charge in [0.25, 0.3) is 15.9 Å². The molecule has 41 heavy (non-hydrogen) atoms. The smallest absolute Gasteiger partial charge is 0.328 e. The number of amides is 1. The SMILES string of the molecule is CC(C)(C)N(OC(=O)CCNC(=O)c1cccc(N2CCC[C@H](Nc3ncccn3)C2)c1)S(=O)(=O)c1ccccc1. The number of hydrogen-bond acceptors (Lipinski definition) is 9. The number of carbonyl (C=O) groups is 2. The Labute approximate surface area is 240 Å². The third-order valence-corrected chi connectivity index (χ3v) is 8.33. The van der Waals surface area contributed by atoms with E-state index in [-0.39, 0.29) is 29.8 Å². The molecule has 1 fully saturated rings. The molecule has 0 spiro atoms. The molecule has 0 radical (unpaired) electrons. The van der Waals surface area contributed by atoms with Crippen LogP contribution in [0.1, 0.15) is 50.4 Å². The van der Waals surface area contributed by atoms with Crippen molar-refractivity contribution in [3.05, 3.63) is 78.6 Å². The number of nitrogens with one attached hydrogen (secondary N) is 2. The Hall–Kier alpha value is -4.03. The number of aromatic nitrogens is 2. The number of piperidine rings is 1. The van der Waals surface area contributed by atoms with E-state index < -0.39 is 21.5 Å². The Kier molecular flexibility index (Phi) is 9.56. The van der Waals surface area contributed by atoms with E-state index >= 15 is 0 Å². The monoisotopic (exact) mass is 580 g/mol. The largest absolute Gasteiger partial charge is 0.369 e. The molecule has 12 heteroatoms. The minimum atomic E-state index is -4.09. The summed E-state index contributed by atoms with van der Waals surface area (Å²) in [5.74, 6) is -0.523. The maximum Gasteiger partial charge on any atom is 0.328 e. The summed E-state index contributed by atoms with van der Waals surface area (Å²) in [6.07, 6.45) is 5.16. The van der Waals surface area contributed by atoms with Crippen LogP contribution in [0.15, 0.2) is 78.0 Å². The van der Waals surface area contributed by atoms with Crippen molar-refractivity contribution in [2.24, 2.45) is 0 Å². The van der Waals surface area contributed by atoms with Crippen LogP contribution in [-0.2, 0) is 19.7 Å². The molecule has 2 heterocycles. The molecule has 3 aromatic rings. The molecule has 1 saturated heterocycles. The maximum atomic E-state index is 13.1. The zero-order chi connectivity index (χ0) is 29.5. The van der Waals surface area contributed by atoms with Gasteiger partial charge in [-0.25, -0.2) is 18.4 Å². The fraction of sp³-hybridized carbons (Fsp3) is 0.379. The minimum absolute atomic E-state index is 0.0140. The van der Waals surface area contributed by atoms with E-state index in [0.29, 0.717) is 16.0 Å². The summed E-state index contributed by atoms with van der Waals surface area (Å²) in [5.41, 5.74) is 0.357. The molecule has 0 aliphatic carbocycles. The van der Waals surface area contributed by atoms with Crippen molar-refractivity contribution in [2.45, 2.75) is 56.5 Å². The molecule has 1 aliphatic heterocycles. The van der Waals surface area contributed by atoms with E-state index in [4.69, 9.17) is 4.84 Å². The summed E-state index contributed by atoms with van der Waals surface area (Å²) in [6.45, 7) is 6.48. The van der Waals surface area contributed by atoms with Gasteiger partial charge in [-0.3, -0.25) is 9.59 Å². The second-order valence-electron chi connectivity index (χ2n) is 10.7. The van der Waals surface area contributed by atoms with Gasteiger partial charge in [0, 0.05) is 49.3 Å². The Balaban J connectivity index is 1.32. The Morgan fingerprint density at radius 1 is 1.05 bits per heavy atom. The van der Waals surface area contributed by atoms with Crippen molar-refractivity contribution < 1.29 is 22.8 Å². The van der Waals surface area contributed by atoms with Crippen LogP contribution in [-0.4, -0.2) is 65.9 Å². The van der Waals surface area contributed by atoms with Gasteiger partial charge in [-0.1, -0.05) is 24.3 Å². The third-order valence-electron chi connectivity index (χ3n) is 6.40. The summed E-state index contributed by atoms with van der Waals surface area (Å²) in [4.78, 5) is 41.5. The molecule has 0 unspecified atom stereocenters. The summed E-state index contributed by atoms with van der Waals surface area (Å²) in [6, 6.07) is 17.0. The highest BCUT2D eigenvalue weighted by atomic mass is 32.2. The van der Waals surface area contributed by atoms with Crippen LogP contribution >= 0.6 is 0 Å². The highest BCUT2D eigenvalue weighted by molar-refractivity contribution is 7.89. The lowest BCUT2D eigenvalue weighted by Crippen LogP contribution is -2.46. The molecule has 0 bridgehead atoms. The second-order valence-corrected chi connectivity index (χ2v) is 12.5. The average molecular weight is 581 g/mol. The van der Waals surface area contributed by atoms with Crippen LogP contribution in [0.5, 0.6) is 0 Å². The second kappa shape index (κ2) is 13.1. The number of rotatable bonds is 10. The van der Waals surface area contributed by atoms with Gasteiger partial charge in [-0.05, 0) is 74.5 Å². The van der Waals surface area contributed by atoms with Crippen molar-refractivity contribution in [3.8, 4) is 0 Å². The van der Waals surface area contributed by atoms with Gasteiger partial charge in [-0.2, -0.15) is 0 Å². The van der Waals surface area contributed by atoms with Crippen molar-refractivity contribution in [2.75, 3.05) is 29.9 Å². The molecule has 2 aromatic carbocycles. The summed E-state index contributed by atoms with van der Waals surface area (Å²) in [5, 5.41) is 6.10. The highest BCUT2D eigenvalue weighted by Gasteiger charge is 2.38. The molecular weight excluding hydrogens is 544 g/mol. The van der Waals surface area contributed by atoms with E-state index in [0.717, 1.165) is 31.6 Å². The van der Waals surface area contributed by atoms with Crippen LogP contribution < -0.4 is 15.5 Å². The Morgan fingerprint density at radius 3 is 2.49 bits per heavy atom. The van der Waals surface area contributed by atoms with Gasteiger partial charge in [0.2, 0.25) is 5.95 Å². The van der Waals surface area contributed by atoms with Gasteiger partial charge in [0.15, 0.2) is 0 Å². The minimum Gasteiger partial charge on any atom is -0.369 e. The normalized spacial score (nSPS) is 15.8. The molecule has 0 saturated carbocycles. The fourth-order valence-corrected chi connectivity index (χ4v) is 6.08. The zero-order valence-electron chi connectivity index (χ0n) is 23.5. The number of hydroxylamine groups is 1. The number of nitrogens with zero attached hydrogens (tertiary/aromatic N) is 4. The zero-order valence-corrected chi connectivity index (χ0v) is 24.3. The Morgan fingerprint density at radius 2 is 1.78 bits per heavy atom. The molecule has 1 aliphatic rings. The topological polar surface area (TPSA) is 134 Å². The first-order valence-electron chi connectivity index (χ1n) is 13.5. The van der Waals surface area contributed by atoms with Crippen molar-refractivity contribution in [3.63, 3.8) is 0 Å². The van der Waals surface area contributed by atoms with Crippen LogP contribution in [0.25, 0.3) is 0 Å². The van der Waals surface area contributed by atoms with Gasteiger partial charge < -0.3 is 20.4 Å². The first kappa shape index (κ1) is 29.9. The molecule has 218 valence electrons. The van der Waals surface area contributed by atoms with Gasteiger partial charge in [0.1, 0.15) is 0 Å². The number of sulfonamides is 1. The van der Waals surface area contributed by atoms with Crippen LogP contribution in [0.3, 0.4) is 0 Å². The average Bonchev–Trinajstić information content (AvgIpc) is 2.96. The summed E-state index contributed by atoms with van der Waals surface area (Å²) >= 11 is 0. The maximum absolute atomic E-state index is 13.1. The molecule has 4 rings (SSSR count). The third kappa shape index (κ3) is 8.01. The van der Waals surface area contributed by atoms with Crippen molar-refractivity contribution >= 4 is 33.5 Å². The summed E-state index contributed by atoms with van der Waals surface area (Å²) < 4.78 is 27.0. The lowest BCUT2D eigenvalue weighted by atomic mass is 10.0. The predicted octanol–water partition coefficient (Wildman–Crippen LogP) is 3.63. The molecule has 11 nitrogen and oxygen atoms in total. The van der Waals surface area contributed by atoms with Gasteiger partial charge in [0.05, 0.1) is 16.9 Å².